The molecule has 0 aliphatic rings. The van der Waals surface area contributed by atoms with E-state index in [2.05, 4.69) is 4.72 Å². The molecule has 0 atom stereocenters. The summed E-state index contributed by atoms with van der Waals surface area (Å²) in [4.78, 5) is 12.6. The fourth-order valence-electron chi connectivity index (χ4n) is 2.34. The Morgan fingerprint density at radius 2 is 1.73 bits per heavy atom. The summed E-state index contributed by atoms with van der Waals surface area (Å²) in [6.07, 6.45) is 4.39. The van der Waals surface area contributed by atoms with E-state index in [0.29, 0.717) is 5.76 Å². The monoisotopic (exact) mass is 367 g/mol. The predicted octanol–water partition coefficient (Wildman–Crippen LogP) is 4.28. The SMILES string of the molecule is Cc1ccc(S(=O)(=O)Nc2ccccc2C(=O)/C=C/c2ccco2)cc1. The van der Waals surface area contributed by atoms with Crippen LogP contribution in [0.3, 0.4) is 0 Å². The van der Waals surface area contributed by atoms with Crippen molar-refractivity contribution >= 4 is 27.6 Å². The second-order valence-corrected chi connectivity index (χ2v) is 7.36. The van der Waals surface area contributed by atoms with Gasteiger partial charge in [-0.2, -0.15) is 0 Å². The molecule has 0 radical (unpaired) electrons. The summed E-state index contributed by atoms with van der Waals surface area (Å²) >= 11 is 0. The number of furan rings is 1. The Bertz CT molecular complexity index is 1030. The van der Waals surface area contributed by atoms with Crippen molar-refractivity contribution in [2.45, 2.75) is 11.8 Å². The van der Waals surface area contributed by atoms with Crippen LogP contribution in [-0.4, -0.2) is 14.2 Å². The Balaban J connectivity index is 1.87. The van der Waals surface area contributed by atoms with E-state index in [4.69, 9.17) is 4.42 Å². The molecule has 26 heavy (non-hydrogen) atoms. The van der Waals surface area contributed by atoms with E-state index < -0.39 is 10.0 Å². The Labute approximate surface area is 152 Å². The van der Waals surface area contributed by atoms with Gasteiger partial charge in [0.1, 0.15) is 5.76 Å². The Morgan fingerprint density at radius 3 is 2.42 bits per heavy atom. The quantitative estimate of drug-likeness (QED) is 0.521. The normalized spacial score (nSPS) is 11.6. The molecule has 0 aliphatic carbocycles. The molecule has 0 saturated heterocycles. The average Bonchev–Trinajstić information content (AvgIpc) is 3.14. The number of rotatable bonds is 6. The zero-order valence-corrected chi connectivity index (χ0v) is 14.9. The summed E-state index contributed by atoms with van der Waals surface area (Å²) in [6, 6.07) is 16.4. The topological polar surface area (TPSA) is 76.4 Å². The molecule has 0 unspecified atom stereocenters. The van der Waals surface area contributed by atoms with Crippen molar-refractivity contribution in [2.24, 2.45) is 0 Å². The van der Waals surface area contributed by atoms with Crippen LogP contribution >= 0.6 is 0 Å². The molecule has 6 heteroatoms. The van der Waals surface area contributed by atoms with Gasteiger partial charge in [-0.15, -0.1) is 0 Å². The minimum atomic E-state index is -3.79. The zero-order valence-electron chi connectivity index (χ0n) is 14.0. The van der Waals surface area contributed by atoms with E-state index in [1.54, 1.807) is 48.5 Å². The van der Waals surface area contributed by atoms with Crippen LogP contribution in [0.15, 0.2) is 82.3 Å². The molecule has 1 heterocycles. The van der Waals surface area contributed by atoms with Crippen molar-refractivity contribution in [3.63, 3.8) is 0 Å². The van der Waals surface area contributed by atoms with Crippen LogP contribution in [0.2, 0.25) is 0 Å². The third kappa shape index (κ3) is 4.10. The summed E-state index contributed by atoms with van der Waals surface area (Å²) in [6.45, 7) is 1.88. The highest BCUT2D eigenvalue weighted by molar-refractivity contribution is 7.92. The van der Waals surface area contributed by atoms with Gasteiger partial charge >= 0.3 is 0 Å². The molecule has 0 fully saturated rings. The first kappa shape index (κ1) is 17.7. The summed E-state index contributed by atoms with van der Waals surface area (Å²) in [5.41, 5.74) is 1.44. The highest BCUT2D eigenvalue weighted by Crippen LogP contribution is 2.21. The van der Waals surface area contributed by atoms with Crippen molar-refractivity contribution in [1.29, 1.82) is 0 Å². The number of hydrogen-bond acceptors (Lipinski definition) is 4. The number of carbonyl (C=O) groups is 1. The van der Waals surface area contributed by atoms with Gasteiger partial charge in [0.2, 0.25) is 0 Å². The van der Waals surface area contributed by atoms with E-state index in [1.807, 2.05) is 6.92 Å². The van der Waals surface area contributed by atoms with Crippen molar-refractivity contribution < 1.29 is 17.6 Å². The first-order valence-corrected chi connectivity index (χ1v) is 9.38. The molecule has 132 valence electrons. The van der Waals surface area contributed by atoms with Crippen molar-refractivity contribution in [3.05, 3.63) is 89.9 Å². The number of sulfonamides is 1. The molecule has 0 aliphatic heterocycles. The third-order valence-electron chi connectivity index (χ3n) is 3.71. The molecule has 0 saturated carbocycles. The van der Waals surface area contributed by atoms with Crippen LogP contribution in [0.1, 0.15) is 21.7 Å². The van der Waals surface area contributed by atoms with Gasteiger partial charge in [0.05, 0.1) is 16.8 Å². The maximum Gasteiger partial charge on any atom is 0.261 e. The molecular weight excluding hydrogens is 350 g/mol. The van der Waals surface area contributed by atoms with Crippen molar-refractivity contribution in [2.75, 3.05) is 4.72 Å². The molecule has 1 aromatic heterocycles. The smallest absolute Gasteiger partial charge is 0.261 e. The van der Waals surface area contributed by atoms with Crippen molar-refractivity contribution in [3.8, 4) is 0 Å². The lowest BCUT2D eigenvalue weighted by atomic mass is 10.1. The van der Waals surface area contributed by atoms with Gasteiger partial charge in [-0.1, -0.05) is 29.8 Å². The fraction of sp³-hybridized carbons (Fsp3) is 0.0500. The number of hydrogen-bond donors (Lipinski definition) is 1. The van der Waals surface area contributed by atoms with Crippen LogP contribution in [0, 0.1) is 6.92 Å². The maximum atomic E-state index is 12.6. The Morgan fingerprint density at radius 1 is 1.00 bits per heavy atom. The zero-order chi connectivity index (χ0) is 18.6. The van der Waals surface area contributed by atoms with Gasteiger partial charge in [-0.05, 0) is 55.5 Å². The molecule has 0 amide bonds. The minimum Gasteiger partial charge on any atom is -0.465 e. The van der Waals surface area contributed by atoms with Gasteiger partial charge in [0.15, 0.2) is 5.78 Å². The van der Waals surface area contributed by atoms with Crippen LogP contribution in [0.25, 0.3) is 6.08 Å². The number of aryl methyl sites for hydroxylation is 1. The van der Waals surface area contributed by atoms with Crippen LogP contribution < -0.4 is 4.72 Å². The van der Waals surface area contributed by atoms with E-state index in [9.17, 15) is 13.2 Å². The molecule has 0 bridgehead atoms. The summed E-state index contributed by atoms with van der Waals surface area (Å²) in [5.74, 6) is 0.208. The number of anilines is 1. The predicted molar refractivity (Wildman–Crippen MR) is 101 cm³/mol. The fourth-order valence-corrected chi connectivity index (χ4v) is 3.42. The van der Waals surface area contributed by atoms with E-state index in [1.165, 1.54) is 30.5 Å². The first-order valence-electron chi connectivity index (χ1n) is 7.90. The lowest BCUT2D eigenvalue weighted by molar-refractivity contribution is 0.104. The lowest BCUT2D eigenvalue weighted by Crippen LogP contribution is -2.15. The van der Waals surface area contributed by atoms with Gasteiger partial charge in [0, 0.05) is 5.56 Å². The van der Waals surface area contributed by atoms with Gasteiger partial charge in [-0.25, -0.2) is 8.42 Å². The molecule has 1 N–H and O–H groups in total. The highest BCUT2D eigenvalue weighted by Gasteiger charge is 2.17. The number of nitrogens with one attached hydrogen (secondary N) is 1. The largest absolute Gasteiger partial charge is 0.465 e. The number of carbonyl (C=O) groups excluding carboxylic acids is 1. The molecular formula is C20H17NO4S. The second-order valence-electron chi connectivity index (χ2n) is 5.68. The summed E-state index contributed by atoms with van der Waals surface area (Å²) < 4.78 is 32.8. The second kappa shape index (κ2) is 7.41. The molecule has 5 nitrogen and oxygen atoms in total. The van der Waals surface area contributed by atoms with Crippen LogP contribution in [-0.2, 0) is 10.0 Å². The van der Waals surface area contributed by atoms with Gasteiger partial charge in [0.25, 0.3) is 10.0 Å². The highest BCUT2D eigenvalue weighted by atomic mass is 32.2. The average molecular weight is 367 g/mol. The summed E-state index contributed by atoms with van der Waals surface area (Å²) in [5, 5.41) is 0. The van der Waals surface area contributed by atoms with E-state index in [-0.39, 0.29) is 21.9 Å². The molecule has 2 aromatic carbocycles. The first-order chi connectivity index (χ1) is 12.5. The van der Waals surface area contributed by atoms with Crippen LogP contribution in [0.4, 0.5) is 5.69 Å². The number of allylic oxidation sites excluding steroid dienone is 1. The maximum absolute atomic E-state index is 12.6. The summed E-state index contributed by atoms with van der Waals surface area (Å²) in [7, 11) is -3.79. The van der Waals surface area contributed by atoms with Gasteiger partial charge in [-0.3, -0.25) is 9.52 Å². The number of benzene rings is 2. The lowest BCUT2D eigenvalue weighted by Gasteiger charge is -2.11. The van der Waals surface area contributed by atoms with Gasteiger partial charge < -0.3 is 4.42 Å². The number of para-hydroxylation sites is 1. The Kier molecular flexibility index (Phi) is 5.04. The van der Waals surface area contributed by atoms with Crippen molar-refractivity contribution in [1.82, 2.24) is 0 Å². The van der Waals surface area contributed by atoms with Crippen LogP contribution in [0.5, 0.6) is 0 Å². The Hall–Kier alpha value is -3.12. The van der Waals surface area contributed by atoms with E-state index >= 15 is 0 Å². The molecule has 3 aromatic rings. The third-order valence-corrected chi connectivity index (χ3v) is 5.09. The van der Waals surface area contributed by atoms with E-state index in [0.717, 1.165) is 5.56 Å². The standard InChI is InChI=1S/C20H17NO4S/c1-15-8-11-17(12-9-15)26(23,24)21-19-7-3-2-6-18(19)20(22)13-10-16-5-4-14-25-16/h2-14,21H,1H3/b13-10+. The minimum absolute atomic E-state index is 0.136. The molecule has 0 spiro atoms. The molecule has 3 rings (SSSR count). The number of ketones is 1.